The third-order valence-corrected chi connectivity index (χ3v) is 4.47. The molecule has 0 atom stereocenters. The van der Waals surface area contributed by atoms with Gasteiger partial charge in [-0.15, -0.1) is 0 Å². The maximum atomic E-state index is 12.3. The van der Waals surface area contributed by atoms with Crippen LogP contribution < -0.4 is 10.1 Å². The minimum atomic E-state index is -0.293. The minimum absolute atomic E-state index is 0.253. The Balaban J connectivity index is 1.48. The predicted molar refractivity (Wildman–Crippen MR) is 95.5 cm³/mol. The number of nitrogens with one attached hydrogen (secondary N) is 1. The number of fused-ring (bicyclic) bond motifs is 1. The zero-order chi connectivity index (χ0) is 18.5. The van der Waals surface area contributed by atoms with Crippen LogP contribution in [0.2, 0.25) is 0 Å². The first-order valence-electron chi connectivity index (χ1n) is 8.52. The molecule has 1 aromatic heterocycles. The molecule has 2 aromatic rings. The van der Waals surface area contributed by atoms with Crippen LogP contribution in [0, 0.1) is 0 Å². The summed E-state index contributed by atoms with van der Waals surface area (Å²) in [6.07, 6.45) is -0.293. The summed E-state index contributed by atoms with van der Waals surface area (Å²) in [6.45, 7) is 3.99. The van der Waals surface area contributed by atoms with Crippen LogP contribution in [0.3, 0.4) is 0 Å². The van der Waals surface area contributed by atoms with Crippen molar-refractivity contribution in [2.75, 3.05) is 53.5 Å². The molecule has 0 spiro atoms. The lowest BCUT2D eigenvalue weighted by molar-refractivity contribution is 0.0873. The summed E-state index contributed by atoms with van der Waals surface area (Å²) in [4.78, 5) is 27.6. The van der Waals surface area contributed by atoms with Crippen molar-refractivity contribution in [3.8, 4) is 5.75 Å². The maximum Gasteiger partial charge on any atom is 0.409 e. The molecule has 1 N–H and O–H groups in total. The van der Waals surface area contributed by atoms with E-state index in [-0.39, 0.29) is 17.8 Å². The smallest absolute Gasteiger partial charge is 0.409 e. The molecular formula is C18H23N3O5. The number of hydrogen-bond donors (Lipinski definition) is 1. The Hall–Kier alpha value is -2.74. The normalized spacial score (nSPS) is 15.1. The first-order valence-corrected chi connectivity index (χ1v) is 8.52. The molecule has 3 rings (SSSR count). The number of rotatable bonds is 5. The fourth-order valence-corrected chi connectivity index (χ4v) is 3.01. The second-order valence-electron chi connectivity index (χ2n) is 6.04. The molecule has 1 aliphatic heterocycles. The largest absolute Gasteiger partial charge is 0.493 e. The number of ether oxygens (including phenoxy) is 2. The molecule has 2 heterocycles. The van der Waals surface area contributed by atoms with Crippen molar-refractivity contribution in [3.05, 3.63) is 30.0 Å². The van der Waals surface area contributed by atoms with Gasteiger partial charge in [0.05, 0.1) is 14.2 Å². The van der Waals surface area contributed by atoms with Gasteiger partial charge < -0.3 is 24.1 Å². The van der Waals surface area contributed by atoms with Gasteiger partial charge in [-0.25, -0.2) is 4.79 Å². The predicted octanol–water partition coefficient (Wildman–Crippen LogP) is 1.56. The first-order chi connectivity index (χ1) is 12.6. The number of carbonyl (C=O) groups excluding carboxylic acids is 2. The van der Waals surface area contributed by atoms with Crippen LogP contribution in [0.5, 0.6) is 5.75 Å². The highest BCUT2D eigenvalue weighted by molar-refractivity contribution is 5.97. The van der Waals surface area contributed by atoms with Crippen molar-refractivity contribution in [2.45, 2.75) is 0 Å². The lowest BCUT2D eigenvalue weighted by Gasteiger charge is -2.33. The van der Waals surface area contributed by atoms with E-state index in [9.17, 15) is 9.59 Å². The molecule has 0 saturated carbocycles. The molecule has 140 valence electrons. The van der Waals surface area contributed by atoms with Crippen LogP contribution in [-0.4, -0.2) is 75.3 Å². The molecule has 1 aromatic carbocycles. The Morgan fingerprint density at radius 2 is 1.96 bits per heavy atom. The summed E-state index contributed by atoms with van der Waals surface area (Å²) in [6, 6.07) is 7.23. The number of para-hydroxylation sites is 1. The van der Waals surface area contributed by atoms with Gasteiger partial charge in [0, 0.05) is 44.7 Å². The standard InChI is InChI=1S/C18H23N3O5/c1-24-14-5-3-4-13-12-15(26-16(13)14)17(22)19-6-7-20-8-10-21(11-9-20)18(23)25-2/h3-5,12H,6-11H2,1-2H3,(H,19,22). The van der Waals surface area contributed by atoms with Gasteiger partial charge in [0.25, 0.3) is 5.91 Å². The van der Waals surface area contributed by atoms with Crippen LogP contribution in [0.25, 0.3) is 11.0 Å². The molecule has 0 radical (unpaired) electrons. The Morgan fingerprint density at radius 3 is 2.65 bits per heavy atom. The molecule has 8 heteroatoms. The van der Waals surface area contributed by atoms with Gasteiger partial charge in [0.15, 0.2) is 17.1 Å². The third-order valence-electron chi connectivity index (χ3n) is 4.47. The first kappa shape index (κ1) is 18.1. The highest BCUT2D eigenvalue weighted by atomic mass is 16.5. The van der Waals surface area contributed by atoms with E-state index < -0.39 is 0 Å². The summed E-state index contributed by atoms with van der Waals surface area (Å²) in [5.41, 5.74) is 0.569. The van der Waals surface area contributed by atoms with Gasteiger partial charge in [0.1, 0.15) is 0 Å². The molecule has 8 nitrogen and oxygen atoms in total. The van der Waals surface area contributed by atoms with E-state index in [0.29, 0.717) is 37.5 Å². The van der Waals surface area contributed by atoms with Crippen molar-refractivity contribution < 1.29 is 23.5 Å². The second-order valence-corrected chi connectivity index (χ2v) is 6.04. The molecular weight excluding hydrogens is 338 g/mol. The maximum absolute atomic E-state index is 12.3. The van der Waals surface area contributed by atoms with Gasteiger partial charge in [-0.2, -0.15) is 0 Å². The summed E-state index contributed by atoms with van der Waals surface area (Å²) in [7, 11) is 2.95. The van der Waals surface area contributed by atoms with Gasteiger partial charge in [-0.1, -0.05) is 12.1 Å². The van der Waals surface area contributed by atoms with Crippen LogP contribution in [-0.2, 0) is 4.74 Å². The highest BCUT2D eigenvalue weighted by Crippen LogP contribution is 2.28. The van der Waals surface area contributed by atoms with Crippen LogP contribution >= 0.6 is 0 Å². The lowest BCUT2D eigenvalue weighted by Crippen LogP contribution is -2.50. The lowest BCUT2D eigenvalue weighted by atomic mass is 10.2. The fraction of sp³-hybridized carbons (Fsp3) is 0.444. The van der Waals surface area contributed by atoms with Crippen molar-refractivity contribution in [2.24, 2.45) is 0 Å². The van der Waals surface area contributed by atoms with Crippen molar-refractivity contribution in [1.82, 2.24) is 15.1 Å². The van der Waals surface area contributed by atoms with Crippen molar-refractivity contribution >= 4 is 23.0 Å². The summed E-state index contributed by atoms with van der Waals surface area (Å²) < 4.78 is 15.6. The number of piperazine rings is 1. The Morgan fingerprint density at radius 1 is 1.19 bits per heavy atom. The Bertz CT molecular complexity index is 780. The number of carbonyl (C=O) groups is 2. The van der Waals surface area contributed by atoms with Crippen molar-refractivity contribution in [1.29, 1.82) is 0 Å². The molecule has 1 saturated heterocycles. The van der Waals surface area contributed by atoms with E-state index >= 15 is 0 Å². The van der Waals surface area contributed by atoms with Crippen molar-refractivity contribution in [3.63, 3.8) is 0 Å². The van der Waals surface area contributed by atoms with E-state index in [1.807, 2.05) is 12.1 Å². The number of furan rings is 1. The molecule has 0 aliphatic carbocycles. The number of methoxy groups -OCH3 is 2. The average Bonchev–Trinajstić information content (AvgIpc) is 3.12. The molecule has 2 amide bonds. The minimum Gasteiger partial charge on any atom is -0.493 e. The number of hydrogen-bond acceptors (Lipinski definition) is 6. The number of amides is 2. The summed E-state index contributed by atoms with van der Waals surface area (Å²) in [5.74, 6) is 0.612. The summed E-state index contributed by atoms with van der Waals surface area (Å²) >= 11 is 0. The molecule has 26 heavy (non-hydrogen) atoms. The third kappa shape index (κ3) is 3.91. The van der Waals surface area contributed by atoms with Gasteiger partial charge in [-0.05, 0) is 12.1 Å². The Labute approximate surface area is 151 Å². The van der Waals surface area contributed by atoms with Crippen LogP contribution in [0.1, 0.15) is 10.6 Å². The van der Waals surface area contributed by atoms with Gasteiger partial charge in [-0.3, -0.25) is 9.69 Å². The highest BCUT2D eigenvalue weighted by Gasteiger charge is 2.21. The molecule has 1 fully saturated rings. The van der Waals surface area contributed by atoms with Gasteiger partial charge in [0.2, 0.25) is 0 Å². The average molecular weight is 361 g/mol. The quantitative estimate of drug-likeness (QED) is 0.870. The molecule has 0 bridgehead atoms. The van der Waals surface area contributed by atoms with E-state index in [2.05, 4.69) is 10.2 Å². The molecule has 1 aliphatic rings. The second kappa shape index (κ2) is 8.09. The molecule has 0 unspecified atom stereocenters. The van der Waals surface area contributed by atoms with Crippen LogP contribution in [0.15, 0.2) is 28.7 Å². The fourth-order valence-electron chi connectivity index (χ4n) is 3.01. The van der Waals surface area contributed by atoms with E-state index in [1.54, 1.807) is 24.1 Å². The van der Waals surface area contributed by atoms with E-state index in [0.717, 1.165) is 18.5 Å². The Kier molecular flexibility index (Phi) is 5.62. The number of nitrogens with zero attached hydrogens (tertiary/aromatic N) is 2. The monoisotopic (exact) mass is 361 g/mol. The van der Waals surface area contributed by atoms with Crippen LogP contribution in [0.4, 0.5) is 4.79 Å². The topological polar surface area (TPSA) is 84.2 Å². The SMILES string of the molecule is COC(=O)N1CCN(CCNC(=O)c2cc3cccc(OC)c3o2)CC1. The zero-order valence-corrected chi connectivity index (χ0v) is 15.0. The van der Waals surface area contributed by atoms with E-state index in [1.165, 1.54) is 7.11 Å². The van der Waals surface area contributed by atoms with E-state index in [4.69, 9.17) is 13.9 Å². The number of benzene rings is 1. The summed E-state index contributed by atoms with van der Waals surface area (Å²) in [5, 5.41) is 3.70. The zero-order valence-electron chi connectivity index (χ0n) is 15.0. The van der Waals surface area contributed by atoms with Gasteiger partial charge >= 0.3 is 6.09 Å².